The Morgan fingerprint density at radius 2 is 1.75 bits per heavy atom. The molecule has 0 radical (unpaired) electrons. The molecule has 4 nitrogen and oxygen atoms in total. The van der Waals surface area contributed by atoms with Gasteiger partial charge in [-0.05, 0) is 19.4 Å². The van der Waals surface area contributed by atoms with Gasteiger partial charge in [0.2, 0.25) is 5.75 Å². The van der Waals surface area contributed by atoms with Crippen molar-refractivity contribution >= 4 is 5.69 Å². The van der Waals surface area contributed by atoms with Crippen LogP contribution in [0.2, 0.25) is 0 Å². The lowest BCUT2D eigenvalue weighted by Crippen LogP contribution is -2.19. The van der Waals surface area contributed by atoms with Gasteiger partial charge >= 0.3 is 12.0 Å². The molecular weight excluding hydrogens is 227 g/mol. The quantitative estimate of drug-likeness (QED) is 0.584. The van der Waals surface area contributed by atoms with E-state index in [0.29, 0.717) is 0 Å². The van der Waals surface area contributed by atoms with E-state index in [1.165, 1.54) is 26.0 Å². The number of alkyl halides is 3. The Bertz CT molecular complexity index is 429. The Morgan fingerprint density at radius 1 is 1.25 bits per heavy atom. The zero-order valence-corrected chi connectivity index (χ0v) is 8.46. The van der Waals surface area contributed by atoms with E-state index < -0.39 is 22.7 Å². The van der Waals surface area contributed by atoms with Gasteiger partial charge in [-0.3, -0.25) is 10.1 Å². The predicted octanol–water partition coefficient (Wildman–Crippen LogP) is 3.11. The molecule has 0 atom stereocenters. The van der Waals surface area contributed by atoms with Gasteiger partial charge in [-0.2, -0.15) is 0 Å². The van der Waals surface area contributed by atoms with Crippen molar-refractivity contribution in [1.82, 2.24) is 0 Å². The molecule has 0 amide bonds. The van der Waals surface area contributed by atoms with E-state index in [1.54, 1.807) is 0 Å². The normalized spacial score (nSPS) is 11.3. The highest BCUT2D eigenvalue weighted by atomic mass is 19.4. The fraction of sp³-hybridized carbons (Fsp3) is 0.333. The summed E-state index contributed by atoms with van der Waals surface area (Å²) < 4.78 is 39.8. The lowest BCUT2D eigenvalue weighted by atomic mass is 10.1. The Labute approximate surface area is 88.8 Å². The maximum atomic E-state index is 12.1. The highest BCUT2D eigenvalue weighted by Gasteiger charge is 2.35. The summed E-state index contributed by atoms with van der Waals surface area (Å²) in [5.41, 5.74) is -0.471. The molecule has 0 aliphatic carbocycles. The van der Waals surface area contributed by atoms with Gasteiger partial charge in [-0.1, -0.05) is 12.1 Å². The van der Waals surface area contributed by atoms with Crippen LogP contribution in [0.15, 0.2) is 12.1 Å². The Hall–Kier alpha value is -1.79. The van der Waals surface area contributed by atoms with Crippen LogP contribution in [-0.2, 0) is 0 Å². The van der Waals surface area contributed by atoms with Crippen molar-refractivity contribution in [2.75, 3.05) is 0 Å². The second-order valence-corrected chi connectivity index (χ2v) is 3.18. The van der Waals surface area contributed by atoms with Crippen LogP contribution >= 0.6 is 0 Å². The number of hydrogen-bond donors (Lipinski definition) is 0. The topological polar surface area (TPSA) is 52.4 Å². The molecule has 7 heteroatoms. The molecule has 16 heavy (non-hydrogen) atoms. The third-order valence-corrected chi connectivity index (χ3v) is 1.93. The summed E-state index contributed by atoms with van der Waals surface area (Å²) in [5.74, 6) is -0.752. The van der Waals surface area contributed by atoms with Crippen LogP contribution in [0.25, 0.3) is 0 Å². The minimum Gasteiger partial charge on any atom is -0.398 e. The first-order chi connectivity index (χ1) is 7.22. The molecule has 0 N–H and O–H groups in total. The van der Waals surface area contributed by atoms with Gasteiger partial charge in [0, 0.05) is 5.56 Å². The largest absolute Gasteiger partial charge is 0.573 e. The smallest absolute Gasteiger partial charge is 0.398 e. The summed E-state index contributed by atoms with van der Waals surface area (Å²) in [7, 11) is 0. The fourth-order valence-corrected chi connectivity index (χ4v) is 1.24. The van der Waals surface area contributed by atoms with Crippen LogP contribution in [0, 0.1) is 24.0 Å². The molecule has 0 aliphatic rings. The first-order valence-corrected chi connectivity index (χ1v) is 4.22. The minimum absolute atomic E-state index is 0.0645. The summed E-state index contributed by atoms with van der Waals surface area (Å²) in [5, 5.41) is 10.6. The van der Waals surface area contributed by atoms with Gasteiger partial charge in [-0.25, -0.2) is 0 Å². The van der Waals surface area contributed by atoms with Crippen molar-refractivity contribution in [3.63, 3.8) is 0 Å². The van der Waals surface area contributed by atoms with Crippen molar-refractivity contribution in [2.24, 2.45) is 0 Å². The van der Waals surface area contributed by atoms with E-state index in [0.717, 1.165) is 0 Å². The van der Waals surface area contributed by atoms with Gasteiger partial charge in [0.05, 0.1) is 4.92 Å². The van der Waals surface area contributed by atoms with Gasteiger partial charge in [-0.15, -0.1) is 13.2 Å². The molecule has 0 aromatic heterocycles. The van der Waals surface area contributed by atoms with E-state index in [9.17, 15) is 23.3 Å². The molecule has 0 spiro atoms. The maximum Gasteiger partial charge on any atom is 0.573 e. The van der Waals surface area contributed by atoms with Crippen LogP contribution in [0.3, 0.4) is 0 Å². The molecule has 1 aromatic rings. The number of nitro benzene ring substituents is 1. The standard InChI is InChI=1S/C9H8F3NO3/c1-5-3-4-6(2)8(7(5)13(14)15)16-9(10,11)12/h3-4H,1-2H3. The van der Waals surface area contributed by atoms with E-state index in [1.807, 2.05) is 0 Å². The molecule has 0 saturated carbocycles. The van der Waals surface area contributed by atoms with Crippen LogP contribution in [0.1, 0.15) is 11.1 Å². The summed E-state index contributed by atoms with van der Waals surface area (Å²) in [4.78, 5) is 9.75. The van der Waals surface area contributed by atoms with E-state index >= 15 is 0 Å². The number of aryl methyl sites for hydroxylation is 2. The van der Waals surface area contributed by atoms with Gasteiger partial charge in [0.25, 0.3) is 0 Å². The van der Waals surface area contributed by atoms with Crippen molar-refractivity contribution < 1.29 is 22.8 Å². The second-order valence-electron chi connectivity index (χ2n) is 3.18. The zero-order chi connectivity index (χ0) is 12.5. The third kappa shape index (κ3) is 2.62. The predicted molar refractivity (Wildman–Crippen MR) is 49.3 cm³/mol. The molecule has 0 saturated heterocycles. The average Bonchev–Trinajstić information content (AvgIpc) is 2.08. The first kappa shape index (κ1) is 12.3. The molecule has 0 bridgehead atoms. The van der Waals surface area contributed by atoms with Crippen LogP contribution in [0.4, 0.5) is 18.9 Å². The lowest BCUT2D eigenvalue weighted by Gasteiger charge is -2.12. The summed E-state index contributed by atoms with van der Waals surface area (Å²) in [6.07, 6.45) is -4.94. The minimum atomic E-state index is -4.94. The second kappa shape index (κ2) is 3.99. The Kier molecular flexibility index (Phi) is 3.06. The Morgan fingerprint density at radius 3 is 2.19 bits per heavy atom. The van der Waals surface area contributed by atoms with Crippen molar-refractivity contribution in [1.29, 1.82) is 0 Å². The van der Waals surface area contributed by atoms with E-state index in [4.69, 9.17) is 0 Å². The van der Waals surface area contributed by atoms with Gasteiger partial charge in [0.1, 0.15) is 0 Å². The highest BCUT2D eigenvalue weighted by molar-refractivity contribution is 5.56. The number of halogens is 3. The van der Waals surface area contributed by atoms with Crippen LogP contribution in [-0.4, -0.2) is 11.3 Å². The third-order valence-electron chi connectivity index (χ3n) is 1.93. The molecule has 1 rings (SSSR count). The van der Waals surface area contributed by atoms with Crippen molar-refractivity contribution in [3.05, 3.63) is 33.4 Å². The molecular formula is C9H8F3NO3. The molecule has 0 heterocycles. The Balaban J connectivity index is 3.35. The maximum absolute atomic E-state index is 12.1. The van der Waals surface area contributed by atoms with E-state index in [-0.39, 0.29) is 11.1 Å². The molecule has 1 aromatic carbocycles. The number of nitro groups is 1. The fourth-order valence-electron chi connectivity index (χ4n) is 1.24. The summed E-state index contributed by atoms with van der Waals surface area (Å²) in [6, 6.07) is 2.71. The molecule has 0 fully saturated rings. The summed E-state index contributed by atoms with van der Waals surface area (Å²) >= 11 is 0. The molecule has 88 valence electrons. The summed E-state index contributed by atoms with van der Waals surface area (Å²) in [6.45, 7) is 2.66. The van der Waals surface area contributed by atoms with Gasteiger partial charge in [0.15, 0.2) is 0 Å². The first-order valence-electron chi connectivity index (χ1n) is 4.22. The number of nitrogens with zero attached hydrogens (tertiary/aromatic N) is 1. The number of benzene rings is 1. The monoisotopic (exact) mass is 235 g/mol. The lowest BCUT2D eigenvalue weighted by molar-refractivity contribution is -0.389. The molecule has 0 aliphatic heterocycles. The number of hydrogen-bond acceptors (Lipinski definition) is 3. The zero-order valence-electron chi connectivity index (χ0n) is 8.46. The number of ether oxygens (including phenoxy) is 1. The van der Waals surface area contributed by atoms with Crippen molar-refractivity contribution in [2.45, 2.75) is 20.2 Å². The SMILES string of the molecule is Cc1ccc(C)c([N+](=O)[O-])c1OC(F)(F)F. The van der Waals surface area contributed by atoms with E-state index in [2.05, 4.69) is 4.74 Å². The van der Waals surface area contributed by atoms with Gasteiger partial charge < -0.3 is 4.74 Å². The van der Waals surface area contributed by atoms with Crippen LogP contribution < -0.4 is 4.74 Å². The van der Waals surface area contributed by atoms with Crippen molar-refractivity contribution in [3.8, 4) is 5.75 Å². The number of rotatable bonds is 2. The average molecular weight is 235 g/mol. The highest BCUT2D eigenvalue weighted by Crippen LogP contribution is 2.37. The van der Waals surface area contributed by atoms with Crippen LogP contribution in [0.5, 0.6) is 5.75 Å². The molecule has 0 unspecified atom stereocenters.